The molecule has 2 N–H and O–H groups in total. The summed E-state index contributed by atoms with van der Waals surface area (Å²) in [5, 5.41) is 0. The Labute approximate surface area is 76.7 Å². The maximum Gasteiger partial charge on any atom is 0.0794 e. The van der Waals surface area contributed by atoms with E-state index in [-0.39, 0.29) is 24.8 Å². The van der Waals surface area contributed by atoms with Crippen molar-refractivity contribution in [2.45, 2.75) is 6.42 Å². The van der Waals surface area contributed by atoms with Gasteiger partial charge in [-0.1, -0.05) is 0 Å². The number of nitrogens with two attached hydrogens (primary N) is 1. The fourth-order valence-corrected chi connectivity index (χ4v) is 1.12. The zero-order chi connectivity index (χ0) is 5.82. The van der Waals surface area contributed by atoms with Crippen molar-refractivity contribution in [1.29, 1.82) is 0 Å². The molecule has 0 aliphatic heterocycles. The minimum atomic E-state index is 0. The van der Waals surface area contributed by atoms with Crippen LogP contribution in [0.3, 0.4) is 0 Å². The smallest absolute Gasteiger partial charge is 0.0794 e. The lowest BCUT2D eigenvalue weighted by Gasteiger charge is -1.84. The van der Waals surface area contributed by atoms with Crippen molar-refractivity contribution in [2.24, 2.45) is 5.73 Å². The highest BCUT2D eigenvalue weighted by atomic mass is 35.5. The van der Waals surface area contributed by atoms with Gasteiger partial charge in [-0.25, -0.2) is 0 Å². The first-order valence-corrected chi connectivity index (χ1v) is 3.39. The largest absolute Gasteiger partial charge is 0.330 e. The van der Waals surface area contributed by atoms with Crippen LogP contribution in [0.5, 0.6) is 0 Å². The quantitative estimate of drug-likeness (QED) is 0.787. The topological polar surface area (TPSA) is 38.9 Å². The highest BCUT2D eigenvalue weighted by molar-refractivity contribution is 7.09. The molecule has 1 aromatic heterocycles. The number of rotatable bonds is 2. The maximum absolute atomic E-state index is 5.30. The van der Waals surface area contributed by atoms with Gasteiger partial charge in [0.05, 0.1) is 5.51 Å². The molecule has 5 heteroatoms. The lowest BCUT2D eigenvalue weighted by molar-refractivity contribution is 0.984. The summed E-state index contributed by atoms with van der Waals surface area (Å²) in [6, 6.07) is 0. The van der Waals surface area contributed by atoms with E-state index in [0.717, 1.165) is 13.0 Å². The summed E-state index contributed by atoms with van der Waals surface area (Å²) in [5.41, 5.74) is 7.12. The van der Waals surface area contributed by atoms with Crippen molar-refractivity contribution >= 4 is 36.2 Å². The number of nitrogens with zero attached hydrogens (tertiary/aromatic N) is 1. The molecular weight excluding hydrogens is 191 g/mol. The second kappa shape index (κ2) is 7.28. The summed E-state index contributed by atoms with van der Waals surface area (Å²) in [7, 11) is 0. The van der Waals surface area contributed by atoms with Gasteiger partial charge in [0.1, 0.15) is 0 Å². The number of halogens is 2. The van der Waals surface area contributed by atoms with Crippen LogP contribution in [0.15, 0.2) is 11.7 Å². The summed E-state index contributed by atoms with van der Waals surface area (Å²) < 4.78 is 0. The SMILES string of the molecule is Cl.Cl.NCCc1cncs1. The molecular formula is C5H10Cl2N2S. The Hall–Kier alpha value is 0.170. The van der Waals surface area contributed by atoms with E-state index in [1.54, 1.807) is 11.3 Å². The third kappa shape index (κ3) is 4.06. The molecule has 0 saturated carbocycles. The Morgan fingerprint density at radius 1 is 1.50 bits per heavy atom. The van der Waals surface area contributed by atoms with Crippen molar-refractivity contribution in [3.05, 3.63) is 16.6 Å². The molecule has 0 spiro atoms. The molecule has 0 saturated heterocycles. The van der Waals surface area contributed by atoms with Gasteiger partial charge >= 0.3 is 0 Å². The molecule has 0 bridgehead atoms. The van der Waals surface area contributed by atoms with Crippen LogP contribution in [0, 0.1) is 0 Å². The zero-order valence-electron chi connectivity index (χ0n) is 5.32. The van der Waals surface area contributed by atoms with Crippen LogP contribution in [0.1, 0.15) is 4.88 Å². The van der Waals surface area contributed by atoms with Crippen LogP contribution in [0.25, 0.3) is 0 Å². The van der Waals surface area contributed by atoms with Crippen LogP contribution in [-0.4, -0.2) is 11.5 Å². The van der Waals surface area contributed by atoms with Gasteiger partial charge in [-0.2, -0.15) is 0 Å². The number of aromatic nitrogens is 1. The van der Waals surface area contributed by atoms with E-state index in [1.807, 2.05) is 11.7 Å². The second-order valence-corrected chi connectivity index (χ2v) is 2.48. The van der Waals surface area contributed by atoms with Gasteiger partial charge in [-0.05, 0) is 13.0 Å². The van der Waals surface area contributed by atoms with Gasteiger partial charge in [0.15, 0.2) is 0 Å². The fourth-order valence-electron chi connectivity index (χ4n) is 0.508. The van der Waals surface area contributed by atoms with Gasteiger partial charge < -0.3 is 5.73 Å². The van der Waals surface area contributed by atoms with Gasteiger partial charge in [0.2, 0.25) is 0 Å². The van der Waals surface area contributed by atoms with Gasteiger partial charge in [-0.15, -0.1) is 36.2 Å². The van der Waals surface area contributed by atoms with Crippen LogP contribution in [-0.2, 0) is 6.42 Å². The van der Waals surface area contributed by atoms with E-state index in [2.05, 4.69) is 4.98 Å². The Balaban J connectivity index is 0. The minimum Gasteiger partial charge on any atom is -0.330 e. The lowest BCUT2D eigenvalue weighted by Crippen LogP contribution is -2.00. The van der Waals surface area contributed by atoms with E-state index in [0.29, 0.717) is 0 Å². The van der Waals surface area contributed by atoms with Crippen molar-refractivity contribution < 1.29 is 0 Å². The zero-order valence-corrected chi connectivity index (χ0v) is 7.77. The Morgan fingerprint density at radius 2 is 2.20 bits per heavy atom. The molecule has 60 valence electrons. The summed E-state index contributed by atoms with van der Waals surface area (Å²) in [6.45, 7) is 0.724. The van der Waals surface area contributed by atoms with Crippen molar-refractivity contribution in [3.8, 4) is 0 Å². The number of thiazole rings is 1. The normalized spacial score (nSPS) is 7.70. The second-order valence-electron chi connectivity index (χ2n) is 1.51. The predicted molar refractivity (Wildman–Crippen MR) is 49.4 cm³/mol. The van der Waals surface area contributed by atoms with E-state index < -0.39 is 0 Å². The molecule has 0 unspecified atom stereocenters. The third-order valence-electron chi connectivity index (χ3n) is 0.874. The first-order chi connectivity index (χ1) is 3.93. The molecule has 1 rings (SSSR count). The molecule has 0 fully saturated rings. The van der Waals surface area contributed by atoms with Crippen molar-refractivity contribution in [3.63, 3.8) is 0 Å². The standard InChI is InChI=1S/C5H8N2S.2ClH/c6-2-1-5-3-7-4-8-5;;/h3-4H,1-2,6H2;2*1H. The first kappa shape index (κ1) is 12.8. The molecule has 10 heavy (non-hydrogen) atoms. The summed E-state index contributed by atoms with van der Waals surface area (Å²) in [5.74, 6) is 0. The molecule has 1 aromatic rings. The van der Waals surface area contributed by atoms with E-state index in [1.165, 1.54) is 4.88 Å². The number of hydrogen-bond donors (Lipinski definition) is 1. The van der Waals surface area contributed by atoms with Gasteiger partial charge in [0, 0.05) is 11.1 Å². The first-order valence-electron chi connectivity index (χ1n) is 2.51. The highest BCUT2D eigenvalue weighted by Gasteiger charge is 1.88. The monoisotopic (exact) mass is 200 g/mol. The van der Waals surface area contributed by atoms with Gasteiger partial charge in [-0.3, -0.25) is 4.98 Å². The summed E-state index contributed by atoms with van der Waals surface area (Å²) >= 11 is 1.66. The Kier molecular flexibility index (Phi) is 9.33. The van der Waals surface area contributed by atoms with Gasteiger partial charge in [0.25, 0.3) is 0 Å². The highest BCUT2D eigenvalue weighted by Crippen LogP contribution is 2.03. The minimum absolute atomic E-state index is 0. The molecule has 0 aliphatic carbocycles. The van der Waals surface area contributed by atoms with Crippen LogP contribution >= 0.6 is 36.2 Å². The maximum atomic E-state index is 5.30. The molecule has 1 heterocycles. The molecule has 0 aliphatic rings. The lowest BCUT2D eigenvalue weighted by atomic mass is 10.4. The number of hydrogen-bond acceptors (Lipinski definition) is 3. The fraction of sp³-hybridized carbons (Fsp3) is 0.400. The molecule has 0 atom stereocenters. The molecule has 0 amide bonds. The van der Waals surface area contributed by atoms with Crippen LogP contribution in [0.4, 0.5) is 0 Å². The van der Waals surface area contributed by atoms with Crippen LogP contribution < -0.4 is 5.73 Å². The van der Waals surface area contributed by atoms with E-state index >= 15 is 0 Å². The van der Waals surface area contributed by atoms with Crippen molar-refractivity contribution in [1.82, 2.24) is 4.98 Å². The van der Waals surface area contributed by atoms with Crippen molar-refractivity contribution in [2.75, 3.05) is 6.54 Å². The average molecular weight is 201 g/mol. The molecule has 0 aromatic carbocycles. The average Bonchev–Trinajstić information content (AvgIpc) is 2.19. The summed E-state index contributed by atoms with van der Waals surface area (Å²) in [6.07, 6.45) is 2.82. The predicted octanol–water partition coefficient (Wildman–Crippen LogP) is 1.49. The van der Waals surface area contributed by atoms with E-state index in [4.69, 9.17) is 5.73 Å². The Bertz CT molecular complexity index is 143. The third-order valence-corrected chi connectivity index (χ3v) is 1.71. The summed E-state index contributed by atoms with van der Waals surface area (Å²) in [4.78, 5) is 5.17. The molecule has 0 radical (unpaired) electrons. The Morgan fingerprint density at radius 3 is 2.60 bits per heavy atom. The molecule has 2 nitrogen and oxygen atoms in total. The van der Waals surface area contributed by atoms with Crippen LogP contribution in [0.2, 0.25) is 0 Å². The van der Waals surface area contributed by atoms with E-state index in [9.17, 15) is 0 Å².